The zero-order chi connectivity index (χ0) is 45.9. The number of carbonyl (C=O) groups is 4. The van der Waals surface area contributed by atoms with Crippen LogP contribution in [0.1, 0.15) is 63.9 Å². The number of piperidine rings is 2. The molecule has 2 atom stereocenters. The first kappa shape index (κ1) is 43.6. The zero-order valence-electron chi connectivity index (χ0n) is 35.9. The van der Waals surface area contributed by atoms with Gasteiger partial charge in [-0.2, -0.15) is 12.7 Å². The van der Waals surface area contributed by atoms with Gasteiger partial charge in [0.25, 0.3) is 5.91 Å². The Kier molecular flexibility index (Phi) is 11.5. The van der Waals surface area contributed by atoms with Crippen molar-refractivity contribution in [1.29, 1.82) is 0 Å². The Morgan fingerprint density at radius 2 is 1.62 bits per heavy atom. The second kappa shape index (κ2) is 17.5. The molecule has 2 aromatic heterocycles. The first-order valence-electron chi connectivity index (χ1n) is 22.3. The number of H-pyrrole nitrogens is 1. The molecule has 4 fully saturated rings. The highest BCUT2D eigenvalue weighted by Crippen LogP contribution is 2.34. The first-order chi connectivity index (χ1) is 31.8. The lowest BCUT2D eigenvalue weighted by molar-refractivity contribution is -0.136. The molecule has 5 aliphatic rings. The number of fused-ring (bicyclic) bond motifs is 2. The van der Waals surface area contributed by atoms with Gasteiger partial charge >= 0.3 is 10.2 Å². The van der Waals surface area contributed by atoms with Gasteiger partial charge in [-0.3, -0.25) is 34.1 Å². The molecule has 0 bridgehead atoms. The minimum Gasteiger partial charge on any atom is -0.372 e. The number of pyridine rings is 1. The van der Waals surface area contributed by atoms with Gasteiger partial charge in [-0.05, 0) is 91.3 Å². The molecule has 5 aromatic rings. The van der Waals surface area contributed by atoms with E-state index in [0.29, 0.717) is 41.0 Å². The normalized spacial score (nSPS) is 21.2. The fourth-order valence-corrected chi connectivity index (χ4v) is 11.3. The Bertz CT molecular complexity index is 2880. The predicted molar refractivity (Wildman–Crippen MR) is 241 cm³/mol. The third kappa shape index (κ3) is 8.39. The van der Waals surface area contributed by atoms with Crippen molar-refractivity contribution in [2.75, 3.05) is 73.4 Å². The van der Waals surface area contributed by atoms with Crippen LogP contribution in [0.3, 0.4) is 0 Å². The number of nitrogens with zero attached hydrogens (tertiary/aromatic N) is 6. The molecule has 3 N–H and O–H groups in total. The predicted octanol–water partition coefficient (Wildman–Crippen LogP) is 5.24. The molecule has 15 nitrogen and oxygen atoms in total. The van der Waals surface area contributed by atoms with Crippen molar-refractivity contribution in [2.45, 2.75) is 50.9 Å². The second-order valence-corrected chi connectivity index (χ2v) is 19.5. The fourth-order valence-electron chi connectivity index (χ4n) is 10.00. The zero-order valence-corrected chi connectivity index (χ0v) is 36.8. The standard InChI is InChI=1S/C47H48F3N9O6S/c48-32-12-15-58(27-32)66(64,65)54-39-7-6-38(49)42(43(39)50)44(61)37-24-52-45-36(37)22-30(23-51-45)29-2-1-3-33(20-29)57-18-16-55(17-19-57)25-28-10-13-56(14-11-28)34-4-5-35-31(21-34)26-59(47(35)63)40-8-9-41(60)53-46(40)62/h1-7,20-24,28,32,40,54H,8-19,25-27H2,(H,51,52)(H,53,60,62)/t32-,40?/m1/s1. The average molecular weight is 924 g/mol. The SMILES string of the molecule is O=C1CCC(N2Cc3cc(N4CCC(CN5CCN(c6cccc(-c7cnc8[nH]cc(C(=O)c9c(F)ccc(NS(=O)(=O)N%10CC[C@@H](F)C%10)c9F)c8c7)c6)CC5)CC4)ccc3C2=O)C(=O)N1. The van der Waals surface area contributed by atoms with E-state index in [2.05, 4.69) is 48.2 Å². The Labute approximate surface area is 379 Å². The van der Waals surface area contributed by atoms with Gasteiger partial charge in [0.2, 0.25) is 17.6 Å². The Morgan fingerprint density at radius 3 is 2.38 bits per heavy atom. The summed E-state index contributed by atoms with van der Waals surface area (Å²) in [5.41, 5.74) is 3.87. The number of amides is 3. The van der Waals surface area contributed by atoms with Crippen LogP contribution in [0.25, 0.3) is 22.2 Å². The number of carbonyl (C=O) groups excluding carboxylic acids is 4. The first-order valence-corrected chi connectivity index (χ1v) is 23.8. The van der Waals surface area contributed by atoms with E-state index >= 15 is 8.78 Å². The van der Waals surface area contributed by atoms with Crippen molar-refractivity contribution >= 4 is 61.8 Å². The number of piperazine rings is 1. The van der Waals surface area contributed by atoms with Gasteiger partial charge in [0.05, 0.1) is 11.3 Å². The highest BCUT2D eigenvalue weighted by atomic mass is 32.2. The number of aromatic amines is 1. The molecule has 1 unspecified atom stereocenters. The number of rotatable bonds is 11. The summed E-state index contributed by atoms with van der Waals surface area (Å²) in [6.07, 6.45) is 4.30. The van der Waals surface area contributed by atoms with Crippen molar-refractivity contribution in [3.63, 3.8) is 0 Å². The molecule has 66 heavy (non-hydrogen) atoms. The number of hydrogen-bond acceptors (Lipinski definition) is 10. The van der Waals surface area contributed by atoms with Crippen molar-refractivity contribution in [2.24, 2.45) is 5.92 Å². The number of ketones is 1. The molecule has 3 aromatic carbocycles. The molecule has 3 amide bonds. The van der Waals surface area contributed by atoms with Crippen molar-refractivity contribution in [3.8, 4) is 11.1 Å². The van der Waals surface area contributed by atoms with Crippen LogP contribution in [0.2, 0.25) is 0 Å². The minimum absolute atomic E-state index is 0.00207. The summed E-state index contributed by atoms with van der Waals surface area (Å²) in [5, 5.41) is 2.70. The molecule has 0 saturated carbocycles. The third-order valence-electron chi connectivity index (χ3n) is 13.7. The average Bonchev–Trinajstić information content (AvgIpc) is 4.04. The molecule has 0 spiro atoms. The maximum absolute atomic E-state index is 15.8. The molecule has 0 radical (unpaired) electrons. The Morgan fingerprint density at radius 1 is 0.848 bits per heavy atom. The number of alkyl halides is 1. The van der Waals surface area contributed by atoms with Crippen molar-refractivity contribution in [3.05, 3.63) is 107 Å². The summed E-state index contributed by atoms with van der Waals surface area (Å²) in [6.45, 7) is 6.18. The molecular formula is C47H48F3N9O6S. The summed E-state index contributed by atoms with van der Waals surface area (Å²) in [7, 11) is -4.36. The highest BCUT2D eigenvalue weighted by Gasteiger charge is 2.40. The van der Waals surface area contributed by atoms with E-state index in [1.54, 1.807) is 17.2 Å². The maximum atomic E-state index is 15.8. The van der Waals surface area contributed by atoms with Gasteiger partial charge in [0.1, 0.15) is 23.7 Å². The summed E-state index contributed by atoms with van der Waals surface area (Å²) in [5.74, 6) is -3.88. The van der Waals surface area contributed by atoms with Crippen molar-refractivity contribution < 1.29 is 40.8 Å². The molecular weight excluding hydrogens is 876 g/mol. The molecule has 10 rings (SSSR count). The number of imide groups is 1. The quantitative estimate of drug-likeness (QED) is 0.118. The van der Waals surface area contributed by atoms with E-state index in [9.17, 15) is 32.0 Å². The van der Waals surface area contributed by atoms with Gasteiger partial charge < -0.3 is 19.7 Å². The Hall–Kier alpha value is -6.31. The van der Waals surface area contributed by atoms with Gasteiger partial charge in [0.15, 0.2) is 5.82 Å². The van der Waals surface area contributed by atoms with Crippen LogP contribution in [-0.2, 0) is 26.3 Å². The second-order valence-electron chi connectivity index (χ2n) is 17.8. The smallest absolute Gasteiger partial charge is 0.301 e. The van der Waals surface area contributed by atoms with E-state index in [0.717, 1.165) is 97.6 Å². The maximum Gasteiger partial charge on any atom is 0.301 e. The lowest BCUT2D eigenvalue weighted by atomic mass is 9.95. The van der Waals surface area contributed by atoms with Gasteiger partial charge in [-0.1, -0.05) is 12.1 Å². The van der Waals surface area contributed by atoms with Crippen LogP contribution in [-0.4, -0.2) is 127 Å². The van der Waals surface area contributed by atoms with Gasteiger partial charge in [0, 0.05) is 118 Å². The van der Waals surface area contributed by atoms with Gasteiger partial charge in [-0.15, -0.1) is 0 Å². The van der Waals surface area contributed by atoms with E-state index in [-0.39, 0.29) is 43.3 Å². The van der Waals surface area contributed by atoms with E-state index in [4.69, 9.17) is 0 Å². The monoisotopic (exact) mass is 923 g/mol. The minimum atomic E-state index is -4.36. The lowest BCUT2D eigenvalue weighted by Gasteiger charge is -2.40. The molecule has 4 saturated heterocycles. The summed E-state index contributed by atoms with van der Waals surface area (Å²) >= 11 is 0. The molecule has 0 aliphatic carbocycles. The number of aromatic nitrogens is 2. The van der Waals surface area contributed by atoms with Crippen LogP contribution in [0.5, 0.6) is 0 Å². The number of anilines is 3. The third-order valence-corrected chi connectivity index (χ3v) is 15.2. The largest absolute Gasteiger partial charge is 0.372 e. The molecule has 19 heteroatoms. The number of hydrogen-bond donors (Lipinski definition) is 3. The lowest BCUT2D eigenvalue weighted by Crippen LogP contribution is -2.52. The highest BCUT2D eigenvalue weighted by molar-refractivity contribution is 7.90. The van der Waals surface area contributed by atoms with E-state index < -0.39 is 57.0 Å². The molecule has 344 valence electrons. The van der Waals surface area contributed by atoms with Crippen LogP contribution in [0.4, 0.5) is 30.2 Å². The summed E-state index contributed by atoms with van der Waals surface area (Å²) < 4.78 is 73.3. The Balaban J connectivity index is 0.749. The fraction of sp³-hybridized carbons (Fsp3) is 0.383. The summed E-state index contributed by atoms with van der Waals surface area (Å²) in [4.78, 5) is 67.4. The van der Waals surface area contributed by atoms with Crippen LogP contribution < -0.4 is 19.8 Å². The van der Waals surface area contributed by atoms with E-state index in [1.807, 2.05) is 29.0 Å². The molecule has 7 heterocycles. The summed E-state index contributed by atoms with van der Waals surface area (Å²) in [6, 6.07) is 16.8. The number of nitrogens with one attached hydrogen (secondary N) is 3. The van der Waals surface area contributed by atoms with Crippen LogP contribution in [0.15, 0.2) is 73.1 Å². The van der Waals surface area contributed by atoms with Crippen molar-refractivity contribution in [1.82, 2.24) is 29.4 Å². The number of benzene rings is 3. The van der Waals surface area contributed by atoms with Crippen LogP contribution >= 0.6 is 0 Å². The van der Waals surface area contributed by atoms with Gasteiger partial charge in [-0.25, -0.2) is 18.2 Å². The topological polar surface area (TPSA) is 171 Å². The van der Waals surface area contributed by atoms with E-state index in [1.165, 1.54) is 6.20 Å². The number of halogens is 3. The van der Waals surface area contributed by atoms with Crippen LogP contribution in [0, 0.1) is 17.6 Å². The molecule has 5 aliphatic heterocycles.